The van der Waals surface area contributed by atoms with E-state index in [4.69, 9.17) is 14.2 Å². The summed E-state index contributed by atoms with van der Waals surface area (Å²) in [5.41, 5.74) is -0.102. The highest BCUT2D eigenvalue weighted by molar-refractivity contribution is 5.73. The molecular weight excluding hydrogens is 322 g/mol. The van der Waals surface area contributed by atoms with Crippen LogP contribution in [-0.2, 0) is 4.74 Å². The van der Waals surface area contributed by atoms with Gasteiger partial charge in [-0.25, -0.2) is 4.79 Å². The Hall–Kier alpha value is -1.99. The van der Waals surface area contributed by atoms with Crippen molar-refractivity contribution in [3.8, 4) is 11.5 Å². The maximum Gasteiger partial charge on any atom is 0.314 e. The van der Waals surface area contributed by atoms with Crippen molar-refractivity contribution < 1.29 is 19.0 Å². The Morgan fingerprint density at radius 3 is 2.56 bits per heavy atom. The highest BCUT2D eigenvalue weighted by Gasteiger charge is 2.28. The summed E-state index contributed by atoms with van der Waals surface area (Å²) < 4.78 is 16.2. The second-order valence-electron chi connectivity index (χ2n) is 6.52. The monoisotopic (exact) mass is 351 g/mol. The first kappa shape index (κ1) is 19.3. The fourth-order valence-corrected chi connectivity index (χ4v) is 2.70. The summed E-state index contributed by atoms with van der Waals surface area (Å²) in [6.07, 6.45) is 0. The Bertz CT molecular complexity index is 545. The van der Waals surface area contributed by atoms with Crippen LogP contribution in [-0.4, -0.2) is 69.6 Å². The molecule has 1 heterocycles. The molecule has 2 rings (SSSR count). The first-order valence-corrected chi connectivity index (χ1v) is 8.63. The highest BCUT2D eigenvalue weighted by atomic mass is 16.5. The van der Waals surface area contributed by atoms with Gasteiger partial charge in [0.2, 0.25) is 0 Å². The normalized spacial score (nSPS) is 15.5. The van der Waals surface area contributed by atoms with Crippen molar-refractivity contribution in [2.45, 2.75) is 19.4 Å². The molecule has 7 heteroatoms. The average Bonchev–Trinajstić information content (AvgIpc) is 2.64. The van der Waals surface area contributed by atoms with Crippen LogP contribution in [0.1, 0.15) is 13.8 Å². The first-order valence-electron chi connectivity index (χ1n) is 8.63. The number of nitrogens with zero attached hydrogens (tertiary/aromatic N) is 1. The maximum absolute atomic E-state index is 12.0. The minimum Gasteiger partial charge on any atom is -0.493 e. The second-order valence-corrected chi connectivity index (χ2v) is 6.52. The van der Waals surface area contributed by atoms with E-state index in [0.29, 0.717) is 31.2 Å². The molecule has 0 aromatic heterocycles. The summed E-state index contributed by atoms with van der Waals surface area (Å²) in [7, 11) is 1.60. The standard InChI is InChI=1S/C18H29N3O4/c1-18(2,21-9-12-24-13-10-21)14-20-17(22)19-8-11-25-16-7-5-4-6-15(16)23-3/h4-7H,8-14H2,1-3H3,(H2,19,20,22). The van der Waals surface area contributed by atoms with Gasteiger partial charge in [-0.1, -0.05) is 12.1 Å². The van der Waals surface area contributed by atoms with Gasteiger partial charge in [-0.2, -0.15) is 0 Å². The van der Waals surface area contributed by atoms with Crippen LogP contribution >= 0.6 is 0 Å². The molecule has 2 N–H and O–H groups in total. The fraction of sp³-hybridized carbons (Fsp3) is 0.611. The lowest BCUT2D eigenvalue weighted by atomic mass is 10.0. The number of amides is 2. The molecule has 25 heavy (non-hydrogen) atoms. The van der Waals surface area contributed by atoms with Crippen molar-refractivity contribution in [2.24, 2.45) is 0 Å². The predicted molar refractivity (Wildman–Crippen MR) is 96.4 cm³/mol. The lowest BCUT2D eigenvalue weighted by Gasteiger charge is -2.40. The molecule has 0 atom stereocenters. The van der Waals surface area contributed by atoms with Gasteiger partial charge in [-0.3, -0.25) is 4.90 Å². The van der Waals surface area contributed by atoms with Crippen molar-refractivity contribution in [1.29, 1.82) is 0 Å². The van der Waals surface area contributed by atoms with Crippen LogP contribution in [0.15, 0.2) is 24.3 Å². The van der Waals surface area contributed by atoms with Gasteiger partial charge >= 0.3 is 6.03 Å². The van der Waals surface area contributed by atoms with Crippen molar-refractivity contribution in [3.63, 3.8) is 0 Å². The van der Waals surface area contributed by atoms with E-state index in [1.165, 1.54) is 0 Å². The molecule has 0 saturated carbocycles. The molecule has 0 aliphatic carbocycles. The van der Waals surface area contributed by atoms with Crippen LogP contribution in [0.3, 0.4) is 0 Å². The quantitative estimate of drug-likeness (QED) is 0.694. The van der Waals surface area contributed by atoms with Crippen LogP contribution in [0, 0.1) is 0 Å². The Labute approximate surface area is 149 Å². The number of nitrogens with one attached hydrogen (secondary N) is 2. The van der Waals surface area contributed by atoms with Crippen LogP contribution in [0.2, 0.25) is 0 Å². The first-order chi connectivity index (χ1) is 12.0. The molecule has 140 valence electrons. The van der Waals surface area contributed by atoms with Gasteiger partial charge in [0.1, 0.15) is 6.61 Å². The third-order valence-electron chi connectivity index (χ3n) is 4.26. The SMILES string of the molecule is COc1ccccc1OCCNC(=O)NCC(C)(C)N1CCOCC1. The number of carbonyl (C=O) groups is 1. The molecule has 0 unspecified atom stereocenters. The smallest absolute Gasteiger partial charge is 0.314 e. The number of carbonyl (C=O) groups excluding carboxylic acids is 1. The summed E-state index contributed by atoms with van der Waals surface area (Å²) in [4.78, 5) is 14.3. The van der Waals surface area contributed by atoms with Gasteiger partial charge in [-0.05, 0) is 26.0 Å². The summed E-state index contributed by atoms with van der Waals surface area (Å²) in [6.45, 7) is 8.90. The molecule has 1 fully saturated rings. The number of hydrogen-bond donors (Lipinski definition) is 2. The number of hydrogen-bond acceptors (Lipinski definition) is 5. The van der Waals surface area contributed by atoms with Crippen molar-refractivity contribution in [1.82, 2.24) is 15.5 Å². The van der Waals surface area contributed by atoms with Crippen molar-refractivity contribution >= 4 is 6.03 Å². The molecule has 1 aromatic rings. The summed E-state index contributed by atoms with van der Waals surface area (Å²) in [6, 6.07) is 7.25. The number of methoxy groups -OCH3 is 1. The molecule has 1 aromatic carbocycles. The molecule has 1 aliphatic rings. The number of benzene rings is 1. The molecule has 0 spiro atoms. The molecule has 0 bridgehead atoms. The van der Waals surface area contributed by atoms with Gasteiger partial charge in [-0.15, -0.1) is 0 Å². The molecule has 7 nitrogen and oxygen atoms in total. The zero-order valence-electron chi connectivity index (χ0n) is 15.3. The number of rotatable bonds is 8. The van der Waals surface area contributed by atoms with E-state index in [9.17, 15) is 4.79 Å². The lowest BCUT2D eigenvalue weighted by Crippen LogP contribution is -2.56. The van der Waals surface area contributed by atoms with E-state index in [1.54, 1.807) is 7.11 Å². The largest absolute Gasteiger partial charge is 0.493 e. The van der Waals surface area contributed by atoms with Gasteiger partial charge in [0.15, 0.2) is 11.5 Å². The topological polar surface area (TPSA) is 72.1 Å². The number of para-hydroxylation sites is 2. The molecule has 1 saturated heterocycles. The van der Waals surface area contributed by atoms with Crippen molar-refractivity contribution in [3.05, 3.63) is 24.3 Å². The van der Waals surface area contributed by atoms with Gasteiger partial charge in [0.25, 0.3) is 0 Å². The number of morpholine rings is 1. The van der Waals surface area contributed by atoms with Gasteiger partial charge in [0, 0.05) is 25.2 Å². The third kappa shape index (κ3) is 6.10. The average molecular weight is 351 g/mol. The van der Waals surface area contributed by atoms with E-state index in [-0.39, 0.29) is 11.6 Å². The summed E-state index contributed by atoms with van der Waals surface area (Å²) in [5, 5.41) is 5.74. The van der Waals surface area contributed by atoms with E-state index in [1.807, 2.05) is 24.3 Å². The second kappa shape index (κ2) is 9.48. The molecule has 2 amide bonds. The molecule has 0 radical (unpaired) electrons. The highest BCUT2D eigenvalue weighted by Crippen LogP contribution is 2.25. The van der Waals surface area contributed by atoms with E-state index >= 15 is 0 Å². The van der Waals surface area contributed by atoms with Crippen LogP contribution in [0.4, 0.5) is 4.79 Å². The van der Waals surface area contributed by atoms with E-state index < -0.39 is 0 Å². The lowest BCUT2D eigenvalue weighted by molar-refractivity contribution is -0.00874. The van der Waals surface area contributed by atoms with Crippen LogP contribution < -0.4 is 20.1 Å². The molecule has 1 aliphatic heterocycles. The Morgan fingerprint density at radius 1 is 1.20 bits per heavy atom. The maximum atomic E-state index is 12.0. The fourth-order valence-electron chi connectivity index (χ4n) is 2.70. The minimum atomic E-state index is -0.190. The van der Waals surface area contributed by atoms with Crippen molar-refractivity contribution in [2.75, 3.05) is 53.1 Å². The van der Waals surface area contributed by atoms with Crippen LogP contribution in [0.25, 0.3) is 0 Å². The number of ether oxygens (including phenoxy) is 3. The Balaban J connectivity index is 1.65. The van der Waals surface area contributed by atoms with E-state index in [0.717, 1.165) is 26.3 Å². The van der Waals surface area contributed by atoms with Gasteiger partial charge < -0.3 is 24.8 Å². The summed E-state index contributed by atoms with van der Waals surface area (Å²) >= 11 is 0. The van der Waals surface area contributed by atoms with Crippen LogP contribution in [0.5, 0.6) is 11.5 Å². The number of urea groups is 1. The predicted octanol–water partition coefficient (Wildman–Crippen LogP) is 1.48. The zero-order valence-corrected chi connectivity index (χ0v) is 15.3. The minimum absolute atomic E-state index is 0.102. The van der Waals surface area contributed by atoms with Gasteiger partial charge in [0.05, 0.1) is 26.9 Å². The Kier molecular flexibility index (Phi) is 7.33. The zero-order chi connectivity index (χ0) is 18.1. The third-order valence-corrected chi connectivity index (χ3v) is 4.26. The van der Waals surface area contributed by atoms with E-state index in [2.05, 4.69) is 29.4 Å². The Morgan fingerprint density at radius 2 is 1.88 bits per heavy atom. The summed E-state index contributed by atoms with van der Waals surface area (Å²) in [5.74, 6) is 1.35. The molecular formula is C18H29N3O4.